The predicted molar refractivity (Wildman–Crippen MR) is 78.6 cm³/mol. The second kappa shape index (κ2) is 7.87. The Morgan fingerprint density at radius 1 is 1.30 bits per heavy atom. The average molecular weight is 280 g/mol. The third kappa shape index (κ3) is 6.54. The summed E-state index contributed by atoms with van der Waals surface area (Å²) in [6.07, 6.45) is -0.307. The van der Waals surface area contributed by atoms with E-state index >= 15 is 0 Å². The van der Waals surface area contributed by atoms with Crippen molar-refractivity contribution in [2.45, 2.75) is 32.4 Å². The number of carboxylic acid groups (broad SMARTS) is 1. The molecule has 4 N–H and O–H groups in total. The smallest absolute Gasteiger partial charge is 0.404 e. The van der Waals surface area contributed by atoms with Gasteiger partial charge in [0, 0.05) is 25.9 Å². The van der Waals surface area contributed by atoms with E-state index in [4.69, 9.17) is 5.11 Å². The van der Waals surface area contributed by atoms with E-state index in [9.17, 15) is 9.90 Å². The van der Waals surface area contributed by atoms with Gasteiger partial charge in [0.05, 0.1) is 0 Å². The number of nitrogens with one attached hydrogen (secondary N) is 2. The number of hydrogen-bond donors (Lipinski definition) is 4. The number of rotatable bonds is 8. The molecule has 1 atom stereocenters. The normalized spacial score (nSPS) is 14.0. The first-order chi connectivity index (χ1) is 9.41. The molecule has 1 rings (SSSR count). The van der Waals surface area contributed by atoms with Crippen molar-refractivity contribution in [1.29, 1.82) is 0 Å². The first kappa shape index (κ1) is 16.5. The van der Waals surface area contributed by atoms with Crippen LogP contribution in [0.4, 0.5) is 4.79 Å². The van der Waals surface area contributed by atoms with E-state index in [1.165, 1.54) is 0 Å². The minimum Gasteiger partial charge on any atom is -0.465 e. The maximum atomic E-state index is 10.7. The zero-order chi connectivity index (χ0) is 15.0. The molecule has 5 nitrogen and oxygen atoms in total. The number of amides is 1. The van der Waals surface area contributed by atoms with Gasteiger partial charge in [-0.3, -0.25) is 5.32 Å². The Hall–Kier alpha value is -1.59. The molecule has 20 heavy (non-hydrogen) atoms. The third-order valence-corrected chi connectivity index (χ3v) is 2.99. The Morgan fingerprint density at radius 2 is 1.95 bits per heavy atom. The quantitative estimate of drug-likeness (QED) is 0.548. The second-order valence-corrected chi connectivity index (χ2v) is 5.45. The molecule has 0 saturated carbocycles. The average Bonchev–Trinajstić information content (AvgIpc) is 2.37. The first-order valence-electron chi connectivity index (χ1n) is 6.89. The molecule has 0 bridgehead atoms. The minimum atomic E-state index is -1.10. The van der Waals surface area contributed by atoms with E-state index in [1.807, 2.05) is 30.3 Å². The summed E-state index contributed by atoms with van der Waals surface area (Å²) in [6, 6.07) is 9.68. The van der Waals surface area contributed by atoms with Crippen molar-refractivity contribution in [2.24, 2.45) is 5.92 Å². The highest BCUT2D eigenvalue weighted by atomic mass is 16.4. The zero-order valence-corrected chi connectivity index (χ0v) is 12.1. The Balaban J connectivity index is 2.64. The first-order valence-corrected chi connectivity index (χ1v) is 6.89. The molecule has 112 valence electrons. The summed E-state index contributed by atoms with van der Waals surface area (Å²) < 4.78 is 0. The lowest BCUT2D eigenvalue weighted by molar-refractivity contribution is -0.00434. The van der Waals surface area contributed by atoms with Crippen molar-refractivity contribution >= 4 is 6.09 Å². The summed E-state index contributed by atoms with van der Waals surface area (Å²) in [5.74, 6) is 0.407. The maximum Gasteiger partial charge on any atom is 0.404 e. The summed E-state index contributed by atoms with van der Waals surface area (Å²) in [7, 11) is 0. The summed E-state index contributed by atoms with van der Waals surface area (Å²) >= 11 is 0. The highest BCUT2D eigenvalue weighted by molar-refractivity contribution is 5.64. The molecule has 0 saturated heterocycles. The minimum absolute atomic E-state index is 0.212. The van der Waals surface area contributed by atoms with Gasteiger partial charge in [-0.25, -0.2) is 4.79 Å². The van der Waals surface area contributed by atoms with Gasteiger partial charge in [-0.2, -0.15) is 0 Å². The lowest BCUT2D eigenvalue weighted by Gasteiger charge is -2.30. The van der Waals surface area contributed by atoms with Gasteiger partial charge in [0.25, 0.3) is 0 Å². The van der Waals surface area contributed by atoms with Crippen LogP contribution < -0.4 is 10.6 Å². The summed E-state index contributed by atoms with van der Waals surface area (Å²) in [6.45, 7) is 5.01. The number of aliphatic hydroxyl groups is 1. The van der Waals surface area contributed by atoms with Gasteiger partial charge in [0.2, 0.25) is 0 Å². The van der Waals surface area contributed by atoms with Crippen LogP contribution in [0.2, 0.25) is 0 Å². The monoisotopic (exact) mass is 280 g/mol. The van der Waals surface area contributed by atoms with Crippen LogP contribution >= 0.6 is 0 Å². The molecule has 0 spiro atoms. The SMILES string of the molecule is CC(C)CNC(O)(CCNC(=O)O)Cc1ccccc1. The van der Waals surface area contributed by atoms with Crippen LogP contribution in [0, 0.1) is 5.92 Å². The van der Waals surface area contributed by atoms with Crippen molar-refractivity contribution in [1.82, 2.24) is 10.6 Å². The molecule has 0 aliphatic rings. The molecule has 1 amide bonds. The molecule has 1 unspecified atom stereocenters. The van der Waals surface area contributed by atoms with Crippen LogP contribution in [0.3, 0.4) is 0 Å². The summed E-state index contributed by atoms with van der Waals surface area (Å²) in [5, 5.41) is 24.7. The Kier molecular flexibility index (Phi) is 6.48. The number of carbonyl (C=O) groups is 1. The van der Waals surface area contributed by atoms with Gasteiger partial charge in [0.15, 0.2) is 0 Å². The van der Waals surface area contributed by atoms with Crippen molar-refractivity contribution in [3.63, 3.8) is 0 Å². The number of hydrogen-bond acceptors (Lipinski definition) is 3. The van der Waals surface area contributed by atoms with Crippen molar-refractivity contribution in [2.75, 3.05) is 13.1 Å². The highest BCUT2D eigenvalue weighted by Gasteiger charge is 2.26. The lowest BCUT2D eigenvalue weighted by atomic mass is 9.98. The molecular formula is C15H24N2O3. The Labute approximate surface area is 120 Å². The van der Waals surface area contributed by atoms with Gasteiger partial charge >= 0.3 is 6.09 Å². The van der Waals surface area contributed by atoms with Gasteiger partial charge in [-0.05, 0) is 11.5 Å². The van der Waals surface area contributed by atoms with E-state index in [1.54, 1.807) is 0 Å². The van der Waals surface area contributed by atoms with Gasteiger partial charge in [-0.15, -0.1) is 0 Å². The van der Waals surface area contributed by atoms with E-state index in [0.717, 1.165) is 5.56 Å². The van der Waals surface area contributed by atoms with Crippen LogP contribution in [0.5, 0.6) is 0 Å². The highest BCUT2D eigenvalue weighted by Crippen LogP contribution is 2.15. The third-order valence-electron chi connectivity index (χ3n) is 2.99. The van der Waals surface area contributed by atoms with Crippen molar-refractivity contribution in [3.05, 3.63) is 35.9 Å². The molecule has 0 aromatic heterocycles. The fraction of sp³-hybridized carbons (Fsp3) is 0.533. The van der Waals surface area contributed by atoms with E-state index in [2.05, 4.69) is 24.5 Å². The summed E-state index contributed by atoms with van der Waals surface area (Å²) in [5.41, 5.74) is -0.0877. The summed E-state index contributed by atoms with van der Waals surface area (Å²) in [4.78, 5) is 10.5. The number of benzene rings is 1. The fourth-order valence-electron chi connectivity index (χ4n) is 1.94. The molecular weight excluding hydrogens is 256 g/mol. The Morgan fingerprint density at radius 3 is 2.50 bits per heavy atom. The van der Waals surface area contributed by atoms with Crippen LogP contribution in [-0.4, -0.2) is 35.1 Å². The van der Waals surface area contributed by atoms with Crippen LogP contribution in [-0.2, 0) is 6.42 Å². The largest absolute Gasteiger partial charge is 0.465 e. The molecule has 5 heteroatoms. The van der Waals surface area contributed by atoms with Gasteiger partial charge in [0.1, 0.15) is 5.72 Å². The maximum absolute atomic E-state index is 10.7. The van der Waals surface area contributed by atoms with Crippen LogP contribution in [0.15, 0.2) is 30.3 Å². The molecule has 0 heterocycles. The van der Waals surface area contributed by atoms with Gasteiger partial charge < -0.3 is 15.5 Å². The Bertz CT molecular complexity index is 409. The standard InChI is InChI=1S/C15H24N2O3/c1-12(2)11-17-15(20,8-9-16-14(18)19)10-13-6-4-3-5-7-13/h3-7,12,16-17,20H,8-11H2,1-2H3,(H,18,19). The predicted octanol–water partition coefficient (Wildman–Crippen LogP) is 1.82. The molecule has 1 aromatic rings. The molecule has 0 fully saturated rings. The molecule has 0 radical (unpaired) electrons. The van der Waals surface area contributed by atoms with Crippen LogP contribution in [0.1, 0.15) is 25.8 Å². The van der Waals surface area contributed by atoms with Crippen molar-refractivity contribution < 1.29 is 15.0 Å². The van der Waals surface area contributed by atoms with E-state index in [-0.39, 0.29) is 6.54 Å². The van der Waals surface area contributed by atoms with E-state index in [0.29, 0.717) is 25.3 Å². The van der Waals surface area contributed by atoms with Crippen molar-refractivity contribution in [3.8, 4) is 0 Å². The van der Waals surface area contributed by atoms with Gasteiger partial charge in [-0.1, -0.05) is 44.2 Å². The second-order valence-electron chi connectivity index (χ2n) is 5.45. The topological polar surface area (TPSA) is 81.6 Å². The van der Waals surface area contributed by atoms with Crippen LogP contribution in [0.25, 0.3) is 0 Å². The molecule has 0 aliphatic heterocycles. The fourth-order valence-corrected chi connectivity index (χ4v) is 1.94. The lowest BCUT2D eigenvalue weighted by Crippen LogP contribution is -2.50. The van der Waals surface area contributed by atoms with E-state index < -0.39 is 11.8 Å². The molecule has 1 aromatic carbocycles. The zero-order valence-electron chi connectivity index (χ0n) is 12.1. The molecule has 0 aliphatic carbocycles.